The number of amides is 2. The van der Waals surface area contributed by atoms with Gasteiger partial charge in [0.05, 0.1) is 18.8 Å². The predicted octanol–water partition coefficient (Wildman–Crippen LogP) is 1.45. The molecule has 0 saturated carbocycles. The maximum atomic E-state index is 12.1. The molecule has 0 radical (unpaired) electrons. The number of nitrogens with one attached hydrogen (secondary N) is 1. The third-order valence-corrected chi connectivity index (χ3v) is 5.40. The zero-order valence-electron chi connectivity index (χ0n) is 14.6. The van der Waals surface area contributed by atoms with Gasteiger partial charge in [-0.05, 0) is 39.5 Å². The molecule has 3 saturated heterocycles. The quantitative estimate of drug-likeness (QED) is 0.835. The molecular weight excluding hydrogens is 294 g/mol. The topological polar surface area (TPSA) is 54.0 Å². The Balaban J connectivity index is 1.53. The van der Waals surface area contributed by atoms with Gasteiger partial charge in [0, 0.05) is 44.9 Å². The highest BCUT2D eigenvalue weighted by molar-refractivity contribution is 5.74. The van der Waals surface area contributed by atoms with Gasteiger partial charge in [-0.3, -0.25) is 4.90 Å². The van der Waals surface area contributed by atoms with Crippen molar-refractivity contribution in [3.05, 3.63) is 0 Å². The van der Waals surface area contributed by atoms with E-state index >= 15 is 0 Å². The summed E-state index contributed by atoms with van der Waals surface area (Å²) in [5, 5.41) is 2.99. The minimum Gasteiger partial charge on any atom is -0.379 e. The average Bonchev–Trinajstić information content (AvgIpc) is 2.56. The molecule has 1 atom stereocenters. The third kappa shape index (κ3) is 4.17. The number of hydrogen-bond acceptors (Lipinski definition) is 4. The Hall–Kier alpha value is -0.850. The summed E-state index contributed by atoms with van der Waals surface area (Å²) in [5.74, 6) is 0. The smallest absolute Gasteiger partial charge is 0.317 e. The average molecular weight is 325 g/mol. The van der Waals surface area contributed by atoms with Crippen molar-refractivity contribution in [3.63, 3.8) is 0 Å². The molecule has 3 rings (SSSR count). The van der Waals surface area contributed by atoms with Crippen LogP contribution in [0.2, 0.25) is 0 Å². The van der Waals surface area contributed by atoms with Gasteiger partial charge in [-0.15, -0.1) is 0 Å². The lowest BCUT2D eigenvalue weighted by Gasteiger charge is -2.49. The molecule has 3 aliphatic heterocycles. The highest BCUT2D eigenvalue weighted by Gasteiger charge is 2.42. The largest absolute Gasteiger partial charge is 0.379 e. The molecule has 3 fully saturated rings. The molecule has 1 N–H and O–H groups in total. The molecule has 1 spiro atoms. The Kier molecular flexibility index (Phi) is 5.44. The molecule has 2 amide bonds. The van der Waals surface area contributed by atoms with Crippen LogP contribution in [0.3, 0.4) is 0 Å². The van der Waals surface area contributed by atoms with E-state index in [9.17, 15) is 4.79 Å². The predicted molar refractivity (Wildman–Crippen MR) is 88.6 cm³/mol. The van der Waals surface area contributed by atoms with E-state index in [1.165, 1.54) is 0 Å². The molecule has 0 aromatic carbocycles. The zero-order valence-corrected chi connectivity index (χ0v) is 14.6. The standard InChI is InChI=1S/C17H31N3O3/c1-14(2)18-16(21)20-6-4-17(5-7-20)13-15(3-10-23-17)19-8-11-22-12-9-19/h14-15H,3-13H2,1-2H3,(H,18,21). The zero-order chi connectivity index (χ0) is 16.3. The van der Waals surface area contributed by atoms with Crippen LogP contribution in [-0.4, -0.2) is 79.5 Å². The normalized spacial score (nSPS) is 29.0. The number of urea groups is 1. The first kappa shape index (κ1) is 17.0. The van der Waals surface area contributed by atoms with Crippen molar-refractivity contribution >= 4 is 6.03 Å². The highest BCUT2D eigenvalue weighted by atomic mass is 16.5. The molecule has 132 valence electrons. The molecule has 23 heavy (non-hydrogen) atoms. The summed E-state index contributed by atoms with van der Waals surface area (Å²) in [6, 6.07) is 0.870. The number of rotatable bonds is 2. The number of morpholine rings is 1. The molecule has 0 bridgehead atoms. The Labute approximate surface area is 139 Å². The second kappa shape index (κ2) is 7.36. The van der Waals surface area contributed by atoms with E-state index in [1.54, 1.807) is 0 Å². The van der Waals surface area contributed by atoms with Crippen LogP contribution in [0.25, 0.3) is 0 Å². The molecule has 0 aliphatic carbocycles. The van der Waals surface area contributed by atoms with Crippen molar-refractivity contribution < 1.29 is 14.3 Å². The minimum atomic E-state index is -0.0180. The fourth-order valence-corrected chi connectivity index (χ4v) is 4.06. The summed E-state index contributed by atoms with van der Waals surface area (Å²) in [5.41, 5.74) is -0.0180. The van der Waals surface area contributed by atoms with Crippen LogP contribution in [0.4, 0.5) is 4.79 Å². The van der Waals surface area contributed by atoms with E-state index in [4.69, 9.17) is 9.47 Å². The van der Waals surface area contributed by atoms with Gasteiger partial charge in [0.2, 0.25) is 0 Å². The molecular formula is C17H31N3O3. The van der Waals surface area contributed by atoms with Crippen LogP contribution in [0.15, 0.2) is 0 Å². The summed E-state index contributed by atoms with van der Waals surface area (Å²) in [4.78, 5) is 16.7. The maximum absolute atomic E-state index is 12.1. The molecule has 6 heteroatoms. The first-order chi connectivity index (χ1) is 11.1. The number of likely N-dealkylation sites (tertiary alicyclic amines) is 1. The van der Waals surface area contributed by atoms with Crippen molar-refractivity contribution in [2.45, 2.75) is 57.2 Å². The second-order valence-corrected chi connectivity index (χ2v) is 7.42. The van der Waals surface area contributed by atoms with Crippen molar-refractivity contribution in [2.75, 3.05) is 46.0 Å². The van der Waals surface area contributed by atoms with Gasteiger partial charge >= 0.3 is 6.03 Å². The van der Waals surface area contributed by atoms with E-state index in [0.717, 1.165) is 71.7 Å². The van der Waals surface area contributed by atoms with E-state index in [1.807, 2.05) is 18.7 Å². The Bertz CT molecular complexity index is 402. The van der Waals surface area contributed by atoms with Gasteiger partial charge in [-0.25, -0.2) is 4.79 Å². The van der Waals surface area contributed by atoms with Crippen molar-refractivity contribution in [1.82, 2.24) is 15.1 Å². The van der Waals surface area contributed by atoms with Crippen molar-refractivity contribution in [1.29, 1.82) is 0 Å². The Morgan fingerprint density at radius 2 is 1.83 bits per heavy atom. The first-order valence-electron chi connectivity index (χ1n) is 9.09. The molecule has 0 aromatic rings. The first-order valence-corrected chi connectivity index (χ1v) is 9.09. The van der Waals surface area contributed by atoms with Crippen LogP contribution in [0.1, 0.15) is 39.5 Å². The van der Waals surface area contributed by atoms with E-state index in [-0.39, 0.29) is 17.7 Å². The van der Waals surface area contributed by atoms with E-state index in [0.29, 0.717) is 6.04 Å². The lowest BCUT2D eigenvalue weighted by Crippen LogP contribution is -2.57. The molecule has 0 aromatic heterocycles. The third-order valence-electron chi connectivity index (χ3n) is 5.40. The van der Waals surface area contributed by atoms with Crippen molar-refractivity contribution in [2.24, 2.45) is 0 Å². The summed E-state index contributed by atoms with van der Waals surface area (Å²) in [7, 11) is 0. The Morgan fingerprint density at radius 1 is 1.13 bits per heavy atom. The maximum Gasteiger partial charge on any atom is 0.317 e. The fourth-order valence-electron chi connectivity index (χ4n) is 4.06. The number of piperidine rings is 1. The molecule has 6 nitrogen and oxygen atoms in total. The van der Waals surface area contributed by atoms with Crippen LogP contribution in [0.5, 0.6) is 0 Å². The molecule has 3 aliphatic rings. The number of nitrogens with zero attached hydrogens (tertiary/aromatic N) is 2. The lowest BCUT2D eigenvalue weighted by atomic mass is 9.82. The van der Waals surface area contributed by atoms with Crippen LogP contribution < -0.4 is 5.32 Å². The van der Waals surface area contributed by atoms with Crippen LogP contribution >= 0.6 is 0 Å². The molecule has 1 unspecified atom stereocenters. The monoisotopic (exact) mass is 325 g/mol. The van der Waals surface area contributed by atoms with Gasteiger partial charge in [-0.2, -0.15) is 0 Å². The minimum absolute atomic E-state index is 0.0180. The van der Waals surface area contributed by atoms with Crippen LogP contribution in [-0.2, 0) is 9.47 Å². The van der Waals surface area contributed by atoms with Crippen molar-refractivity contribution in [3.8, 4) is 0 Å². The summed E-state index contributed by atoms with van der Waals surface area (Å²) in [6.45, 7) is 10.2. The number of carbonyl (C=O) groups is 1. The van der Waals surface area contributed by atoms with E-state index < -0.39 is 0 Å². The highest BCUT2D eigenvalue weighted by Crippen LogP contribution is 2.36. The van der Waals surface area contributed by atoms with Gasteiger partial charge in [-0.1, -0.05) is 0 Å². The lowest BCUT2D eigenvalue weighted by molar-refractivity contribution is -0.135. The Morgan fingerprint density at radius 3 is 2.48 bits per heavy atom. The van der Waals surface area contributed by atoms with Gasteiger partial charge in [0.15, 0.2) is 0 Å². The molecule has 3 heterocycles. The second-order valence-electron chi connectivity index (χ2n) is 7.42. The number of hydrogen-bond donors (Lipinski definition) is 1. The summed E-state index contributed by atoms with van der Waals surface area (Å²) >= 11 is 0. The number of ether oxygens (including phenoxy) is 2. The van der Waals surface area contributed by atoms with Gasteiger partial charge in [0.25, 0.3) is 0 Å². The SMILES string of the molecule is CC(C)NC(=O)N1CCC2(CC1)CC(N1CCOCC1)CCO2. The fraction of sp³-hybridized carbons (Fsp3) is 0.941. The van der Waals surface area contributed by atoms with Gasteiger partial charge in [0.1, 0.15) is 0 Å². The summed E-state index contributed by atoms with van der Waals surface area (Å²) in [6.07, 6.45) is 4.14. The van der Waals surface area contributed by atoms with E-state index in [2.05, 4.69) is 10.2 Å². The summed E-state index contributed by atoms with van der Waals surface area (Å²) < 4.78 is 11.7. The van der Waals surface area contributed by atoms with Gasteiger partial charge < -0.3 is 19.7 Å². The number of carbonyl (C=O) groups excluding carboxylic acids is 1. The van der Waals surface area contributed by atoms with Crippen LogP contribution in [0, 0.1) is 0 Å².